The van der Waals surface area contributed by atoms with Gasteiger partial charge in [-0.3, -0.25) is 0 Å². The van der Waals surface area contributed by atoms with Crippen LogP contribution in [0.4, 0.5) is 5.82 Å². The van der Waals surface area contributed by atoms with E-state index >= 15 is 0 Å². The van der Waals surface area contributed by atoms with Crippen LogP contribution in [-0.4, -0.2) is 36.2 Å². The molecular weight excluding hydrogens is 216 g/mol. The number of ether oxygens (including phenoxy) is 1. The number of rotatable bonds is 5. The Morgan fingerprint density at radius 3 is 2.82 bits per heavy atom. The topological polar surface area (TPSA) is 64.3 Å². The van der Waals surface area contributed by atoms with Gasteiger partial charge >= 0.3 is 0 Å². The van der Waals surface area contributed by atoms with Gasteiger partial charge in [-0.2, -0.15) is 0 Å². The second-order valence-electron chi connectivity index (χ2n) is 4.34. The summed E-state index contributed by atoms with van der Waals surface area (Å²) in [6.07, 6.45) is 6.60. The smallest absolute Gasteiger partial charge is 0.218 e. The van der Waals surface area contributed by atoms with Gasteiger partial charge in [-0.05, 0) is 12.8 Å². The van der Waals surface area contributed by atoms with Gasteiger partial charge < -0.3 is 15.4 Å². The molecule has 1 aliphatic carbocycles. The molecule has 5 heteroatoms. The highest BCUT2D eigenvalue weighted by molar-refractivity contribution is 5.42. The predicted molar refractivity (Wildman–Crippen MR) is 67.2 cm³/mol. The van der Waals surface area contributed by atoms with Crippen molar-refractivity contribution in [2.75, 3.05) is 25.1 Å². The first kappa shape index (κ1) is 12.1. The Labute approximate surface area is 102 Å². The Morgan fingerprint density at radius 1 is 1.41 bits per heavy atom. The van der Waals surface area contributed by atoms with Gasteiger partial charge in [0.2, 0.25) is 5.88 Å². The summed E-state index contributed by atoms with van der Waals surface area (Å²) in [5.74, 6) is 1.53. The van der Waals surface area contributed by atoms with E-state index in [0.717, 1.165) is 12.4 Å². The lowest BCUT2D eigenvalue weighted by molar-refractivity contribution is 0.396. The second-order valence-corrected chi connectivity index (χ2v) is 4.34. The van der Waals surface area contributed by atoms with E-state index in [-0.39, 0.29) is 0 Å². The number of aromatic nitrogens is 2. The highest BCUT2D eigenvalue weighted by Gasteiger charge is 2.23. The van der Waals surface area contributed by atoms with Gasteiger partial charge in [0.25, 0.3) is 0 Å². The minimum absolute atomic E-state index is 0.568. The largest absolute Gasteiger partial charge is 0.481 e. The molecule has 0 radical (unpaired) electrons. The van der Waals surface area contributed by atoms with Gasteiger partial charge in [0.05, 0.1) is 7.11 Å². The van der Waals surface area contributed by atoms with Crippen LogP contribution in [0, 0.1) is 0 Å². The average molecular weight is 236 g/mol. The molecule has 5 nitrogen and oxygen atoms in total. The van der Waals surface area contributed by atoms with E-state index in [9.17, 15) is 0 Å². The Hall–Kier alpha value is -1.36. The Bertz CT molecular complexity index is 352. The van der Waals surface area contributed by atoms with Crippen molar-refractivity contribution in [1.29, 1.82) is 0 Å². The number of methoxy groups -OCH3 is 1. The molecule has 0 aliphatic heterocycles. The number of nitrogens with zero attached hydrogens (tertiary/aromatic N) is 3. The normalized spacial score (nSPS) is 16.1. The van der Waals surface area contributed by atoms with Gasteiger partial charge in [0.15, 0.2) is 0 Å². The first-order chi connectivity index (χ1) is 8.35. The van der Waals surface area contributed by atoms with E-state index in [4.69, 9.17) is 10.5 Å². The van der Waals surface area contributed by atoms with Crippen LogP contribution in [0.5, 0.6) is 5.88 Å². The molecule has 17 heavy (non-hydrogen) atoms. The molecule has 2 N–H and O–H groups in total. The Balaban J connectivity index is 2.18. The van der Waals surface area contributed by atoms with Crippen LogP contribution < -0.4 is 15.4 Å². The zero-order valence-corrected chi connectivity index (χ0v) is 10.3. The molecule has 0 amide bonds. The summed E-state index contributed by atoms with van der Waals surface area (Å²) < 4.78 is 5.14. The lowest BCUT2D eigenvalue weighted by atomic mass is 10.2. The lowest BCUT2D eigenvalue weighted by Gasteiger charge is -2.29. The van der Waals surface area contributed by atoms with Crippen LogP contribution in [0.25, 0.3) is 0 Å². The third kappa shape index (κ3) is 2.85. The van der Waals surface area contributed by atoms with Crippen LogP contribution in [0.15, 0.2) is 12.4 Å². The molecule has 0 saturated heterocycles. The van der Waals surface area contributed by atoms with Crippen LogP contribution in [0.3, 0.4) is 0 Å². The molecule has 1 aromatic rings. The summed E-state index contributed by atoms with van der Waals surface area (Å²) in [6.45, 7) is 1.48. The van der Waals surface area contributed by atoms with Gasteiger partial charge in [-0.15, -0.1) is 0 Å². The fraction of sp³-hybridized carbons (Fsp3) is 0.667. The maximum atomic E-state index is 5.69. The van der Waals surface area contributed by atoms with Crippen molar-refractivity contribution in [2.24, 2.45) is 5.73 Å². The minimum atomic E-state index is 0.568. The molecule has 2 rings (SSSR count). The summed E-state index contributed by atoms with van der Waals surface area (Å²) in [4.78, 5) is 10.7. The van der Waals surface area contributed by atoms with Crippen molar-refractivity contribution in [3.05, 3.63) is 12.4 Å². The summed E-state index contributed by atoms with van der Waals surface area (Å²) in [5, 5.41) is 0. The molecule has 0 unspecified atom stereocenters. The first-order valence-electron chi connectivity index (χ1n) is 6.18. The first-order valence-corrected chi connectivity index (χ1v) is 6.18. The zero-order chi connectivity index (χ0) is 12.1. The van der Waals surface area contributed by atoms with Gasteiger partial charge in [-0.1, -0.05) is 12.8 Å². The highest BCUT2D eigenvalue weighted by Crippen LogP contribution is 2.27. The van der Waals surface area contributed by atoms with Gasteiger partial charge in [-0.25, -0.2) is 9.97 Å². The molecule has 1 heterocycles. The molecule has 1 aromatic heterocycles. The maximum absolute atomic E-state index is 5.69. The van der Waals surface area contributed by atoms with E-state index in [2.05, 4.69) is 14.9 Å². The molecule has 0 bridgehead atoms. The maximum Gasteiger partial charge on any atom is 0.218 e. The number of hydrogen-bond acceptors (Lipinski definition) is 5. The number of anilines is 1. The fourth-order valence-corrected chi connectivity index (χ4v) is 2.44. The average Bonchev–Trinajstić information content (AvgIpc) is 2.89. The third-order valence-corrected chi connectivity index (χ3v) is 3.27. The zero-order valence-electron chi connectivity index (χ0n) is 10.3. The molecule has 0 spiro atoms. The van der Waals surface area contributed by atoms with Gasteiger partial charge in [0.1, 0.15) is 12.1 Å². The molecule has 1 aliphatic rings. The van der Waals surface area contributed by atoms with Crippen molar-refractivity contribution in [2.45, 2.75) is 31.7 Å². The molecular formula is C12H20N4O. The number of nitrogens with two attached hydrogens (primary N) is 1. The predicted octanol–water partition coefficient (Wildman–Crippen LogP) is 1.19. The summed E-state index contributed by atoms with van der Waals surface area (Å²) in [7, 11) is 1.62. The van der Waals surface area contributed by atoms with Crippen molar-refractivity contribution in [3.8, 4) is 5.88 Å². The summed E-state index contributed by atoms with van der Waals surface area (Å²) in [6, 6.07) is 2.45. The second kappa shape index (κ2) is 5.82. The van der Waals surface area contributed by atoms with Crippen LogP contribution in [-0.2, 0) is 0 Å². The van der Waals surface area contributed by atoms with Crippen molar-refractivity contribution in [1.82, 2.24) is 9.97 Å². The van der Waals surface area contributed by atoms with Gasteiger partial charge in [0, 0.05) is 25.2 Å². The van der Waals surface area contributed by atoms with E-state index in [1.807, 2.05) is 6.07 Å². The summed E-state index contributed by atoms with van der Waals surface area (Å²) in [5.41, 5.74) is 5.69. The highest BCUT2D eigenvalue weighted by atomic mass is 16.5. The van der Waals surface area contributed by atoms with Crippen LogP contribution >= 0.6 is 0 Å². The molecule has 1 saturated carbocycles. The van der Waals surface area contributed by atoms with Crippen molar-refractivity contribution in [3.63, 3.8) is 0 Å². The van der Waals surface area contributed by atoms with Crippen molar-refractivity contribution >= 4 is 5.82 Å². The fourth-order valence-electron chi connectivity index (χ4n) is 2.44. The Kier molecular flexibility index (Phi) is 4.14. The molecule has 94 valence electrons. The number of hydrogen-bond donors (Lipinski definition) is 1. The molecule has 0 aromatic carbocycles. The van der Waals surface area contributed by atoms with E-state index in [1.165, 1.54) is 25.7 Å². The molecule has 1 fully saturated rings. The van der Waals surface area contributed by atoms with Crippen LogP contribution in [0.1, 0.15) is 25.7 Å². The SMILES string of the molecule is COc1cc(N(CCN)C2CCCC2)ncn1. The van der Waals surface area contributed by atoms with E-state index in [0.29, 0.717) is 18.5 Å². The lowest BCUT2D eigenvalue weighted by Crippen LogP contribution is -2.37. The monoisotopic (exact) mass is 236 g/mol. The van der Waals surface area contributed by atoms with Crippen molar-refractivity contribution < 1.29 is 4.74 Å². The molecule has 0 atom stereocenters. The van der Waals surface area contributed by atoms with Crippen LogP contribution in [0.2, 0.25) is 0 Å². The Morgan fingerprint density at radius 2 is 2.18 bits per heavy atom. The van der Waals surface area contributed by atoms with E-state index in [1.54, 1.807) is 13.4 Å². The quantitative estimate of drug-likeness (QED) is 0.832. The van der Waals surface area contributed by atoms with E-state index < -0.39 is 0 Å². The minimum Gasteiger partial charge on any atom is -0.481 e. The summed E-state index contributed by atoms with van der Waals surface area (Å²) >= 11 is 0. The third-order valence-electron chi connectivity index (χ3n) is 3.27. The standard InChI is InChI=1S/C12H20N4O/c1-17-12-8-11(14-9-15-12)16(7-6-13)10-4-2-3-5-10/h8-10H,2-7,13H2,1H3.